The van der Waals surface area contributed by atoms with Crippen molar-refractivity contribution in [1.29, 1.82) is 0 Å². The Labute approximate surface area is 103 Å². The minimum Gasteiger partial charge on any atom is -0.325 e. The second-order valence-electron chi connectivity index (χ2n) is 4.07. The van der Waals surface area contributed by atoms with E-state index < -0.39 is 6.43 Å². The Kier molecular flexibility index (Phi) is 3.66. The van der Waals surface area contributed by atoms with Crippen LogP contribution in [0.25, 0.3) is 0 Å². The average Bonchev–Trinajstić information content (AvgIpc) is 2.72. The summed E-state index contributed by atoms with van der Waals surface area (Å²) in [6.07, 6.45) is -2.62. The van der Waals surface area contributed by atoms with Gasteiger partial charge in [-0.2, -0.15) is 0 Å². The van der Waals surface area contributed by atoms with Gasteiger partial charge in [0.25, 0.3) is 6.43 Å². The summed E-state index contributed by atoms with van der Waals surface area (Å²) in [4.78, 5) is 0. The first-order valence-corrected chi connectivity index (χ1v) is 5.58. The van der Waals surface area contributed by atoms with E-state index in [0.29, 0.717) is 0 Å². The number of rotatable bonds is 4. The molecule has 0 atom stereocenters. The Bertz CT molecular complexity index is 537. The molecule has 6 heteroatoms. The van der Waals surface area contributed by atoms with Crippen LogP contribution in [0.3, 0.4) is 0 Å². The van der Waals surface area contributed by atoms with Crippen LogP contribution in [0, 0.1) is 6.92 Å². The minimum absolute atomic E-state index is 0.0342. The van der Waals surface area contributed by atoms with E-state index in [-0.39, 0.29) is 24.5 Å². The molecule has 2 N–H and O–H groups in total. The average molecular weight is 252 g/mol. The van der Waals surface area contributed by atoms with Gasteiger partial charge in [-0.1, -0.05) is 35.0 Å². The van der Waals surface area contributed by atoms with Crippen LogP contribution in [0.5, 0.6) is 0 Å². The molecule has 1 aromatic carbocycles. The van der Waals surface area contributed by atoms with Gasteiger partial charge < -0.3 is 5.73 Å². The lowest BCUT2D eigenvalue weighted by Gasteiger charge is -2.07. The van der Waals surface area contributed by atoms with Crippen molar-refractivity contribution in [2.75, 3.05) is 0 Å². The molecule has 1 aromatic heterocycles. The van der Waals surface area contributed by atoms with Gasteiger partial charge in [0.05, 0.1) is 6.54 Å². The summed E-state index contributed by atoms with van der Waals surface area (Å²) in [5, 5.41) is 7.42. The van der Waals surface area contributed by atoms with E-state index >= 15 is 0 Å². The van der Waals surface area contributed by atoms with E-state index in [4.69, 9.17) is 5.73 Å². The van der Waals surface area contributed by atoms with Crippen molar-refractivity contribution in [2.24, 2.45) is 5.73 Å². The first-order chi connectivity index (χ1) is 8.61. The van der Waals surface area contributed by atoms with Gasteiger partial charge in [-0.3, -0.25) is 0 Å². The zero-order valence-corrected chi connectivity index (χ0v) is 9.98. The molecule has 0 unspecified atom stereocenters. The van der Waals surface area contributed by atoms with Crippen LogP contribution in [-0.4, -0.2) is 15.0 Å². The van der Waals surface area contributed by atoms with Crippen molar-refractivity contribution >= 4 is 0 Å². The number of benzene rings is 1. The first kappa shape index (κ1) is 12.6. The Morgan fingerprint density at radius 2 is 2.17 bits per heavy atom. The lowest BCUT2D eigenvalue weighted by atomic mass is 10.1. The molecule has 0 bridgehead atoms. The molecular weight excluding hydrogens is 238 g/mol. The van der Waals surface area contributed by atoms with Crippen molar-refractivity contribution in [3.8, 4) is 0 Å². The third-order valence-electron chi connectivity index (χ3n) is 2.66. The van der Waals surface area contributed by atoms with Crippen LogP contribution in [-0.2, 0) is 13.1 Å². The summed E-state index contributed by atoms with van der Waals surface area (Å²) < 4.78 is 27.1. The normalized spacial score (nSPS) is 11.2. The van der Waals surface area contributed by atoms with Crippen LogP contribution in [0.15, 0.2) is 24.3 Å². The van der Waals surface area contributed by atoms with Crippen LogP contribution >= 0.6 is 0 Å². The van der Waals surface area contributed by atoms with Crippen molar-refractivity contribution in [3.63, 3.8) is 0 Å². The number of halogens is 2. The molecular formula is C12H14F2N4. The molecule has 0 saturated carbocycles. The maximum atomic E-state index is 12.9. The second-order valence-corrected chi connectivity index (χ2v) is 4.07. The summed E-state index contributed by atoms with van der Waals surface area (Å²) in [5.74, 6) is 0. The molecule has 1 heterocycles. The van der Waals surface area contributed by atoms with E-state index in [2.05, 4.69) is 10.3 Å². The van der Waals surface area contributed by atoms with Crippen LogP contribution < -0.4 is 5.73 Å². The molecule has 0 radical (unpaired) electrons. The zero-order valence-electron chi connectivity index (χ0n) is 9.98. The molecule has 4 nitrogen and oxygen atoms in total. The fraction of sp³-hybridized carbons (Fsp3) is 0.333. The lowest BCUT2D eigenvalue weighted by molar-refractivity contribution is 0.138. The fourth-order valence-corrected chi connectivity index (χ4v) is 1.84. The summed E-state index contributed by atoms with van der Waals surface area (Å²) in [5.41, 5.74) is 7.31. The number of nitrogens with two attached hydrogens (primary N) is 1. The van der Waals surface area contributed by atoms with Crippen LogP contribution in [0.1, 0.15) is 28.9 Å². The SMILES string of the molecule is Cc1cccc(Cn2nnc(CN)c2C(F)F)c1. The number of aromatic nitrogens is 3. The van der Waals surface area contributed by atoms with E-state index in [1.807, 2.05) is 31.2 Å². The lowest BCUT2D eigenvalue weighted by Crippen LogP contribution is -2.09. The van der Waals surface area contributed by atoms with Crippen LogP contribution in [0.2, 0.25) is 0 Å². The summed E-state index contributed by atoms with van der Waals surface area (Å²) >= 11 is 0. The molecule has 96 valence electrons. The summed E-state index contributed by atoms with van der Waals surface area (Å²) in [7, 11) is 0. The highest BCUT2D eigenvalue weighted by atomic mass is 19.3. The number of nitrogens with zero attached hydrogens (tertiary/aromatic N) is 3. The molecule has 0 spiro atoms. The predicted molar refractivity (Wildman–Crippen MR) is 63.2 cm³/mol. The maximum absolute atomic E-state index is 12.9. The first-order valence-electron chi connectivity index (χ1n) is 5.58. The smallest absolute Gasteiger partial charge is 0.281 e. The van der Waals surface area contributed by atoms with Gasteiger partial charge in [-0.25, -0.2) is 13.5 Å². The highest BCUT2D eigenvalue weighted by Crippen LogP contribution is 2.22. The standard InChI is InChI=1S/C12H14F2N4/c1-8-3-2-4-9(5-8)7-18-11(12(13)14)10(6-15)16-17-18/h2-5,12H,6-7,15H2,1H3. The van der Waals surface area contributed by atoms with Crippen LogP contribution in [0.4, 0.5) is 8.78 Å². The van der Waals surface area contributed by atoms with Gasteiger partial charge in [0.15, 0.2) is 0 Å². The predicted octanol–water partition coefficient (Wildman–Crippen LogP) is 2.03. The van der Waals surface area contributed by atoms with E-state index in [1.165, 1.54) is 4.68 Å². The Hall–Kier alpha value is -1.82. The van der Waals surface area contributed by atoms with Gasteiger partial charge in [-0.05, 0) is 12.5 Å². The highest BCUT2D eigenvalue weighted by molar-refractivity contribution is 5.23. The Morgan fingerprint density at radius 1 is 1.39 bits per heavy atom. The van der Waals surface area contributed by atoms with Crippen molar-refractivity contribution in [2.45, 2.75) is 26.4 Å². The maximum Gasteiger partial charge on any atom is 0.281 e. The molecule has 0 aliphatic heterocycles. The summed E-state index contributed by atoms with van der Waals surface area (Å²) in [6.45, 7) is 2.19. The van der Waals surface area contributed by atoms with Crippen molar-refractivity contribution in [1.82, 2.24) is 15.0 Å². The van der Waals surface area contributed by atoms with E-state index in [1.54, 1.807) is 0 Å². The number of hydrogen-bond acceptors (Lipinski definition) is 3. The third-order valence-corrected chi connectivity index (χ3v) is 2.66. The fourth-order valence-electron chi connectivity index (χ4n) is 1.84. The van der Waals surface area contributed by atoms with Gasteiger partial charge in [0, 0.05) is 6.54 Å². The quantitative estimate of drug-likeness (QED) is 0.905. The molecule has 18 heavy (non-hydrogen) atoms. The number of alkyl halides is 2. The van der Waals surface area contributed by atoms with E-state index in [0.717, 1.165) is 11.1 Å². The second kappa shape index (κ2) is 5.22. The monoisotopic (exact) mass is 252 g/mol. The molecule has 2 rings (SSSR count). The molecule has 0 saturated heterocycles. The number of aryl methyl sites for hydroxylation is 1. The topological polar surface area (TPSA) is 56.7 Å². The third kappa shape index (κ3) is 2.53. The van der Waals surface area contributed by atoms with Gasteiger partial charge in [-0.15, -0.1) is 5.10 Å². The molecule has 0 amide bonds. The van der Waals surface area contributed by atoms with Gasteiger partial charge >= 0.3 is 0 Å². The van der Waals surface area contributed by atoms with Crippen molar-refractivity contribution < 1.29 is 8.78 Å². The zero-order chi connectivity index (χ0) is 13.1. The molecule has 2 aromatic rings. The Morgan fingerprint density at radius 3 is 2.78 bits per heavy atom. The molecule has 0 aliphatic rings. The highest BCUT2D eigenvalue weighted by Gasteiger charge is 2.20. The minimum atomic E-state index is -2.62. The number of hydrogen-bond donors (Lipinski definition) is 1. The molecule has 0 aliphatic carbocycles. The van der Waals surface area contributed by atoms with Crippen molar-refractivity contribution in [3.05, 3.63) is 46.8 Å². The molecule has 0 fully saturated rings. The summed E-state index contributed by atoms with van der Waals surface area (Å²) in [6, 6.07) is 7.63. The Balaban J connectivity index is 2.32. The largest absolute Gasteiger partial charge is 0.325 e. The van der Waals surface area contributed by atoms with Gasteiger partial charge in [0.1, 0.15) is 11.4 Å². The van der Waals surface area contributed by atoms with E-state index in [9.17, 15) is 8.78 Å². The van der Waals surface area contributed by atoms with Gasteiger partial charge in [0.2, 0.25) is 0 Å².